The zero-order valence-corrected chi connectivity index (χ0v) is 8.15. The normalized spacial score (nSPS) is 34.8. The van der Waals surface area contributed by atoms with E-state index < -0.39 is 0 Å². The molecular weight excluding hydrogens is 247 g/mol. The number of allylic oxidation sites excluding steroid dienone is 1. The van der Waals surface area contributed by atoms with E-state index in [2.05, 4.69) is 35.6 Å². The molecule has 1 aliphatic rings. The van der Waals surface area contributed by atoms with Gasteiger partial charge in [0.1, 0.15) is 0 Å². The van der Waals surface area contributed by atoms with Crippen molar-refractivity contribution in [3.8, 4) is 0 Å². The molecule has 0 aromatic carbocycles. The standard InChI is InChI=1S/C6H9IOS/c1-4-6(7)2-5(3-8)9-4/h2,4,6,8H,3H2,1H3. The average Bonchev–Trinajstić information content (AvgIpc) is 2.13. The number of hydrogen-bond donors (Lipinski definition) is 1. The van der Waals surface area contributed by atoms with Crippen molar-refractivity contribution in [2.24, 2.45) is 0 Å². The van der Waals surface area contributed by atoms with E-state index in [1.165, 1.54) is 0 Å². The van der Waals surface area contributed by atoms with Crippen molar-refractivity contribution in [3.05, 3.63) is 11.0 Å². The summed E-state index contributed by atoms with van der Waals surface area (Å²) in [5, 5.41) is 9.36. The van der Waals surface area contributed by atoms with Crippen molar-refractivity contribution in [1.29, 1.82) is 0 Å². The van der Waals surface area contributed by atoms with Gasteiger partial charge in [0.25, 0.3) is 0 Å². The van der Waals surface area contributed by atoms with Crippen LogP contribution >= 0.6 is 34.4 Å². The van der Waals surface area contributed by atoms with Crippen LogP contribution < -0.4 is 0 Å². The first-order chi connectivity index (χ1) is 4.24. The highest BCUT2D eigenvalue weighted by molar-refractivity contribution is 14.1. The zero-order chi connectivity index (χ0) is 6.85. The van der Waals surface area contributed by atoms with Crippen molar-refractivity contribution in [2.75, 3.05) is 6.61 Å². The van der Waals surface area contributed by atoms with Crippen LogP contribution in [-0.4, -0.2) is 20.9 Å². The van der Waals surface area contributed by atoms with Crippen molar-refractivity contribution in [3.63, 3.8) is 0 Å². The van der Waals surface area contributed by atoms with Gasteiger partial charge >= 0.3 is 0 Å². The second-order valence-electron chi connectivity index (χ2n) is 2.06. The molecule has 0 fully saturated rings. The third kappa shape index (κ3) is 1.85. The summed E-state index contributed by atoms with van der Waals surface area (Å²) in [6, 6.07) is 0. The summed E-state index contributed by atoms with van der Waals surface area (Å²) in [6.45, 7) is 2.40. The molecule has 0 aliphatic carbocycles. The minimum atomic E-state index is 0.217. The Bertz CT molecular complexity index is 135. The van der Waals surface area contributed by atoms with Gasteiger partial charge in [0.2, 0.25) is 0 Å². The van der Waals surface area contributed by atoms with Crippen LogP contribution in [0.4, 0.5) is 0 Å². The fraction of sp³-hybridized carbons (Fsp3) is 0.667. The van der Waals surface area contributed by atoms with Gasteiger partial charge in [0.05, 0.1) is 6.61 Å². The second kappa shape index (κ2) is 3.25. The van der Waals surface area contributed by atoms with E-state index in [1.54, 1.807) is 11.8 Å². The largest absolute Gasteiger partial charge is 0.391 e. The number of halogens is 1. The summed E-state index contributed by atoms with van der Waals surface area (Å²) in [4.78, 5) is 1.13. The lowest BCUT2D eigenvalue weighted by atomic mass is 10.3. The fourth-order valence-electron chi connectivity index (χ4n) is 0.746. The monoisotopic (exact) mass is 256 g/mol. The zero-order valence-electron chi connectivity index (χ0n) is 5.17. The maximum absolute atomic E-state index is 8.71. The molecule has 1 nitrogen and oxygen atoms in total. The van der Waals surface area contributed by atoms with Crippen molar-refractivity contribution >= 4 is 34.4 Å². The third-order valence-corrected chi connectivity index (χ3v) is 4.45. The van der Waals surface area contributed by atoms with Gasteiger partial charge in [-0.15, -0.1) is 11.8 Å². The molecule has 52 valence electrons. The molecule has 1 heterocycles. The molecule has 0 saturated carbocycles. The molecule has 2 unspecified atom stereocenters. The van der Waals surface area contributed by atoms with E-state index in [0.717, 1.165) is 4.91 Å². The Labute approximate surface area is 73.0 Å². The van der Waals surface area contributed by atoms with Gasteiger partial charge < -0.3 is 5.11 Å². The molecule has 9 heavy (non-hydrogen) atoms. The fourth-order valence-corrected chi connectivity index (χ4v) is 2.85. The number of aliphatic hydroxyl groups excluding tert-OH is 1. The molecule has 1 N–H and O–H groups in total. The molecule has 0 saturated heterocycles. The van der Waals surface area contributed by atoms with Crippen LogP contribution in [-0.2, 0) is 0 Å². The lowest BCUT2D eigenvalue weighted by Crippen LogP contribution is -2.02. The van der Waals surface area contributed by atoms with Crippen molar-refractivity contribution in [2.45, 2.75) is 16.1 Å². The average molecular weight is 256 g/mol. The Morgan fingerprint density at radius 2 is 2.56 bits per heavy atom. The maximum atomic E-state index is 8.71. The minimum absolute atomic E-state index is 0.217. The molecule has 0 radical (unpaired) electrons. The molecule has 0 spiro atoms. The molecular formula is C6H9IOS. The van der Waals surface area contributed by atoms with E-state index in [4.69, 9.17) is 5.11 Å². The number of aliphatic hydroxyl groups is 1. The van der Waals surface area contributed by atoms with E-state index >= 15 is 0 Å². The highest BCUT2D eigenvalue weighted by Crippen LogP contribution is 2.35. The smallest absolute Gasteiger partial charge is 0.0737 e. The van der Waals surface area contributed by atoms with Crippen LogP contribution in [0, 0.1) is 0 Å². The Balaban J connectivity index is 2.52. The highest BCUT2D eigenvalue weighted by Gasteiger charge is 2.20. The lowest BCUT2D eigenvalue weighted by Gasteiger charge is -2.03. The van der Waals surface area contributed by atoms with Gasteiger partial charge in [-0.3, -0.25) is 0 Å². The molecule has 0 amide bonds. The number of rotatable bonds is 1. The summed E-state index contributed by atoms with van der Waals surface area (Å²) in [5.74, 6) is 0. The summed E-state index contributed by atoms with van der Waals surface area (Å²) < 4.78 is 0.606. The van der Waals surface area contributed by atoms with Crippen LogP contribution in [0.15, 0.2) is 11.0 Å². The molecule has 3 heteroatoms. The minimum Gasteiger partial charge on any atom is -0.391 e. The van der Waals surface area contributed by atoms with E-state index in [1.807, 2.05) is 0 Å². The number of hydrogen-bond acceptors (Lipinski definition) is 2. The van der Waals surface area contributed by atoms with Crippen LogP contribution in [0.2, 0.25) is 0 Å². The summed E-state index contributed by atoms with van der Waals surface area (Å²) in [5.41, 5.74) is 0. The second-order valence-corrected chi connectivity index (χ2v) is 5.00. The molecule has 1 rings (SSSR count). The first kappa shape index (κ1) is 7.88. The topological polar surface area (TPSA) is 20.2 Å². The van der Waals surface area contributed by atoms with Gasteiger partial charge in [-0.25, -0.2) is 0 Å². The molecule has 1 aliphatic heterocycles. The first-order valence-electron chi connectivity index (χ1n) is 2.86. The Morgan fingerprint density at radius 3 is 2.78 bits per heavy atom. The van der Waals surface area contributed by atoms with E-state index in [0.29, 0.717) is 9.17 Å². The van der Waals surface area contributed by atoms with Crippen LogP contribution in [0.3, 0.4) is 0 Å². The Kier molecular flexibility index (Phi) is 2.85. The molecule has 2 atom stereocenters. The predicted molar refractivity (Wildman–Crippen MR) is 50.0 cm³/mol. The van der Waals surface area contributed by atoms with Crippen molar-refractivity contribution in [1.82, 2.24) is 0 Å². The summed E-state index contributed by atoms with van der Waals surface area (Å²) >= 11 is 4.17. The quantitative estimate of drug-likeness (QED) is 0.570. The van der Waals surface area contributed by atoms with Gasteiger partial charge in [-0.2, -0.15) is 0 Å². The lowest BCUT2D eigenvalue weighted by molar-refractivity contribution is 0.339. The van der Waals surface area contributed by atoms with E-state index in [9.17, 15) is 0 Å². The van der Waals surface area contributed by atoms with Crippen LogP contribution in [0.1, 0.15) is 6.92 Å². The number of alkyl halides is 1. The Hall–Kier alpha value is 0.780. The van der Waals surface area contributed by atoms with E-state index in [-0.39, 0.29) is 6.61 Å². The highest BCUT2D eigenvalue weighted by atomic mass is 127. The SMILES string of the molecule is CC1SC(CO)=CC1I. The number of thioether (sulfide) groups is 1. The Morgan fingerprint density at radius 1 is 1.89 bits per heavy atom. The van der Waals surface area contributed by atoms with Crippen molar-refractivity contribution < 1.29 is 5.11 Å². The summed E-state index contributed by atoms with van der Waals surface area (Å²) in [7, 11) is 0. The maximum Gasteiger partial charge on any atom is 0.0737 e. The summed E-state index contributed by atoms with van der Waals surface area (Å²) in [6.07, 6.45) is 2.13. The van der Waals surface area contributed by atoms with Gasteiger partial charge in [-0.1, -0.05) is 35.6 Å². The molecule has 0 bridgehead atoms. The van der Waals surface area contributed by atoms with Gasteiger partial charge in [0.15, 0.2) is 0 Å². The predicted octanol–water partition coefficient (Wildman–Crippen LogP) is 1.80. The van der Waals surface area contributed by atoms with Crippen LogP contribution in [0.5, 0.6) is 0 Å². The first-order valence-corrected chi connectivity index (χ1v) is 4.99. The molecule has 0 aromatic heterocycles. The van der Waals surface area contributed by atoms with Crippen LogP contribution in [0.25, 0.3) is 0 Å². The third-order valence-electron chi connectivity index (χ3n) is 1.29. The molecule has 0 aromatic rings. The van der Waals surface area contributed by atoms with Gasteiger partial charge in [-0.05, 0) is 0 Å². The van der Waals surface area contributed by atoms with Gasteiger partial charge in [0, 0.05) is 14.1 Å².